The summed E-state index contributed by atoms with van der Waals surface area (Å²) in [6, 6.07) is 19.7. The summed E-state index contributed by atoms with van der Waals surface area (Å²) in [7, 11) is 0. The van der Waals surface area contributed by atoms with Crippen LogP contribution in [0.5, 0.6) is 23.0 Å². The zero-order valence-electron chi connectivity index (χ0n) is 21.7. The molecule has 8 heteroatoms. The van der Waals surface area contributed by atoms with E-state index in [1.165, 1.54) is 0 Å². The number of nitrogens with zero attached hydrogens (tertiary/aromatic N) is 1. The first-order valence-electron chi connectivity index (χ1n) is 13.2. The van der Waals surface area contributed by atoms with Crippen molar-refractivity contribution in [3.63, 3.8) is 0 Å². The quantitative estimate of drug-likeness (QED) is 0.317. The van der Waals surface area contributed by atoms with Gasteiger partial charge in [-0.25, -0.2) is 0 Å². The standard InChI is InChI=1S/C31H32F3NO4/c1-20-27-18-25(37)7-10-28(27)39-30(29(20)23-3-2-4-24(36)17-23)22-5-8-26(9-6-22)38-16-15-35-14-12-21(19-35)11-13-31(32,33)34/h2-10,17-18,21,30,36-37H,11-16,19H2,1H3. The number of hydrogen-bond acceptors (Lipinski definition) is 5. The predicted molar refractivity (Wildman–Crippen MR) is 144 cm³/mol. The van der Waals surface area contributed by atoms with Crippen LogP contribution in [0.15, 0.2) is 66.7 Å². The molecule has 0 aliphatic carbocycles. The van der Waals surface area contributed by atoms with Gasteiger partial charge in [0.2, 0.25) is 0 Å². The van der Waals surface area contributed by atoms with Crippen LogP contribution in [0.3, 0.4) is 0 Å². The van der Waals surface area contributed by atoms with Crippen LogP contribution in [-0.4, -0.2) is 47.5 Å². The number of alkyl halides is 3. The number of rotatable bonds is 8. The second kappa shape index (κ2) is 11.2. The fraction of sp³-hybridized carbons (Fsp3) is 0.355. The number of allylic oxidation sites excluding steroid dienone is 1. The molecule has 2 aliphatic rings. The van der Waals surface area contributed by atoms with Gasteiger partial charge in [-0.3, -0.25) is 4.90 Å². The number of halogens is 3. The van der Waals surface area contributed by atoms with Gasteiger partial charge in [0.05, 0.1) is 0 Å². The summed E-state index contributed by atoms with van der Waals surface area (Å²) >= 11 is 0. The lowest BCUT2D eigenvalue weighted by Crippen LogP contribution is -2.26. The number of fused-ring (bicyclic) bond motifs is 1. The predicted octanol–water partition coefficient (Wildman–Crippen LogP) is 7.21. The second-order valence-electron chi connectivity index (χ2n) is 10.3. The van der Waals surface area contributed by atoms with Crippen LogP contribution in [0.1, 0.15) is 49.0 Å². The lowest BCUT2D eigenvalue weighted by atomic mass is 9.86. The Hall–Kier alpha value is -3.65. The molecule has 2 unspecified atom stereocenters. The van der Waals surface area contributed by atoms with Crippen LogP contribution >= 0.6 is 0 Å². The third-order valence-electron chi connectivity index (χ3n) is 7.50. The van der Waals surface area contributed by atoms with E-state index in [4.69, 9.17) is 9.47 Å². The molecule has 0 spiro atoms. The lowest BCUT2D eigenvalue weighted by molar-refractivity contribution is -0.137. The summed E-state index contributed by atoms with van der Waals surface area (Å²) in [6.07, 6.45) is -4.25. The number of ether oxygens (including phenoxy) is 2. The molecule has 0 radical (unpaired) electrons. The largest absolute Gasteiger partial charge is 0.508 e. The first kappa shape index (κ1) is 26.9. The fourth-order valence-electron chi connectivity index (χ4n) is 5.47. The van der Waals surface area contributed by atoms with E-state index in [-0.39, 0.29) is 23.8 Å². The van der Waals surface area contributed by atoms with Crippen molar-refractivity contribution in [3.8, 4) is 23.0 Å². The van der Waals surface area contributed by atoms with Gasteiger partial charge in [0, 0.05) is 30.6 Å². The molecule has 39 heavy (non-hydrogen) atoms. The Labute approximate surface area is 226 Å². The number of hydrogen-bond donors (Lipinski definition) is 2. The minimum absolute atomic E-state index is 0.0905. The highest BCUT2D eigenvalue weighted by Gasteiger charge is 2.31. The Morgan fingerprint density at radius 3 is 2.51 bits per heavy atom. The van der Waals surface area contributed by atoms with Gasteiger partial charge in [-0.15, -0.1) is 0 Å². The van der Waals surface area contributed by atoms with Crippen molar-refractivity contribution in [1.82, 2.24) is 4.90 Å². The molecule has 1 fully saturated rings. The van der Waals surface area contributed by atoms with E-state index in [0.29, 0.717) is 31.2 Å². The van der Waals surface area contributed by atoms with Gasteiger partial charge < -0.3 is 19.7 Å². The maximum absolute atomic E-state index is 12.5. The number of benzene rings is 3. The molecule has 5 rings (SSSR count). The summed E-state index contributed by atoms with van der Waals surface area (Å²) in [6.45, 7) is 4.59. The minimum atomic E-state index is -4.09. The van der Waals surface area contributed by atoms with E-state index in [1.807, 2.05) is 37.3 Å². The van der Waals surface area contributed by atoms with Crippen LogP contribution in [0, 0.1) is 5.92 Å². The van der Waals surface area contributed by atoms with E-state index in [1.54, 1.807) is 36.4 Å². The van der Waals surface area contributed by atoms with Gasteiger partial charge in [0.1, 0.15) is 35.7 Å². The van der Waals surface area contributed by atoms with E-state index in [0.717, 1.165) is 40.8 Å². The molecule has 2 aliphatic heterocycles. The molecule has 0 bridgehead atoms. The molecule has 0 amide bonds. The average molecular weight is 540 g/mol. The van der Waals surface area contributed by atoms with Crippen LogP contribution < -0.4 is 9.47 Å². The molecular weight excluding hydrogens is 507 g/mol. The van der Waals surface area contributed by atoms with Crippen molar-refractivity contribution < 1.29 is 32.9 Å². The Kier molecular flexibility index (Phi) is 7.75. The average Bonchev–Trinajstić information content (AvgIpc) is 3.36. The number of likely N-dealkylation sites (tertiary alicyclic amines) is 1. The first-order valence-corrected chi connectivity index (χ1v) is 13.2. The zero-order valence-corrected chi connectivity index (χ0v) is 21.7. The van der Waals surface area contributed by atoms with E-state index in [9.17, 15) is 23.4 Å². The molecular formula is C31H32F3NO4. The Balaban J connectivity index is 1.26. The molecule has 0 aromatic heterocycles. The van der Waals surface area contributed by atoms with Crippen molar-refractivity contribution in [2.75, 3.05) is 26.2 Å². The molecule has 2 N–H and O–H groups in total. The van der Waals surface area contributed by atoms with E-state index < -0.39 is 18.7 Å². The SMILES string of the molecule is CC1=C(c2cccc(O)c2)C(c2ccc(OCCN3CCC(CCC(F)(F)F)C3)cc2)Oc2ccc(O)cc21. The number of phenols is 2. The van der Waals surface area contributed by atoms with Crippen LogP contribution in [0.4, 0.5) is 13.2 Å². The van der Waals surface area contributed by atoms with Gasteiger partial charge >= 0.3 is 6.18 Å². The van der Waals surface area contributed by atoms with Crippen molar-refractivity contribution in [1.29, 1.82) is 0 Å². The van der Waals surface area contributed by atoms with Crippen LogP contribution in [0.2, 0.25) is 0 Å². The minimum Gasteiger partial charge on any atom is -0.508 e. The maximum Gasteiger partial charge on any atom is 0.389 e. The molecule has 5 nitrogen and oxygen atoms in total. The van der Waals surface area contributed by atoms with E-state index >= 15 is 0 Å². The Morgan fingerprint density at radius 1 is 1.00 bits per heavy atom. The summed E-state index contributed by atoms with van der Waals surface area (Å²) in [4.78, 5) is 2.16. The third kappa shape index (κ3) is 6.50. The molecule has 2 heterocycles. The third-order valence-corrected chi connectivity index (χ3v) is 7.50. The highest BCUT2D eigenvalue weighted by atomic mass is 19.4. The van der Waals surface area contributed by atoms with Crippen LogP contribution in [0.25, 0.3) is 11.1 Å². The summed E-state index contributed by atoms with van der Waals surface area (Å²) in [5.74, 6) is 1.76. The Morgan fingerprint density at radius 2 is 1.77 bits per heavy atom. The van der Waals surface area contributed by atoms with Gasteiger partial charge in [-0.1, -0.05) is 24.3 Å². The monoisotopic (exact) mass is 539 g/mol. The first-order chi connectivity index (χ1) is 18.7. The molecule has 2 atom stereocenters. The van der Waals surface area contributed by atoms with Gasteiger partial charge in [0.25, 0.3) is 0 Å². The normalized spacial score (nSPS) is 19.6. The van der Waals surface area contributed by atoms with Crippen molar-refractivity contribution in [3.05, 3.63) is 83.4 Å². The number of phenolic OH excluding ortho intramolecular Hbond substituents is 2. The smallest absolute Gasteiger partial charge is 0.389 e. The van der Waals surface area contributed by atoms with Gasteiger partial charge in [0.15, 0.2) is 0 Å². The molecule has 1 saturated heterocycles. The van der Waals surface area contributed by atoms with Crippen molar-refractivity contribution in [2.24, 2.45) is 5.92 Å². The van der Waals surface area contributed by atoms with Crippen molar-refractivity contribution >= 4 is 11.1 Å². The molecule has 206 valence electrons. The van der Waals surface area contributed by atoms with Gasteiger partial charge in [-0.2, -0.15) is 13.2 Å². The Bertz CT molecular complexity index is 1340. The van der Waals surface area contributed by atoms with Crippen molar-refractivity contribution in [2.45, 2.75) is 38.5 Å². The highest BCUT2D eigenvalue weighted by Crippen LogP contribution is 2.47. The zero-order chi connectivity index (χ0) is 27.6. The summed E-state index contributed by atoms with van der Waals surface area (Å²) in [5.41, 5.74) is 4.37. The fourth-order valence-corrected chi connectivity index (χ4v) is 5.47. The number of aromatic hydroxyl groups is 2. The second-order valence-corrected chi connectivity index (χ2v) is 10.3. The maximum atomic E-state index is 12.5. The van der Waals surface area contributed by atoms with E-state index in [2.05, 4.69) is 4.90 Å². The molecule has 3 aromatic carbocycles. The lowest BCUT2D eigenvalue weighted by Gasteiger charge is -2.31. The van der Waals surface area contributed by atoms with Gasteiger partial charge in [-0.05, 0) is 91.4 Å². The highest BCUT2D eigenvalue weighted by molar-refractivity contribution is 5.95. The molecule has 0 saturated carbocycles. The topological polar surface area (TPSA) is 62.2 Å². The molecule has 3 aromatic rings. The summed E-state index contributed by atoms with van der Waals surface area (Å²) < 4.78 is 49.9. The summed E-state index contributed by atoms with van der Waals surface area (Å²) in [5, 5.41) is 20.2. The van der Waals surface area contributed by atoms with Crippen LogP contribution in [-0.2, 0) is 0 Å².